The number of hydrogen-bond donors (Lipinski definition) is 1. The average molecular weight is 490 g/mol. The number of carbonyl (C=O) groups is 2. The van der Waals surface area contributed by atoms with E-state index < -0.39 is 0 Å². The van der Waals surface area contributed by atoms with E-state index >= 15 is 0 Å². The molecular formula is C26H39N3O6. The number of rotatable bonds is 18. The van der Waals surface area contributed by atoms with E-state index in [1.165, 1.54) is 12.5 Å². The molecule has 35 heavy (non-hydrogen) atoms. The number of ketones is 1. The van der Waals surface area contributed by atoms with Gasteiger partial charge in [-0.1, -0.05) is 26.0 Å². The smallest absolute Gasteiger partial charge is 0.251 e. The minimum absolute atomic E-state index is 0.00122. The lowest BCUT2D eigenvalue weighted by atomic mass is 10.1. The number of carbonyl (C=O) groups excluding carboxylic acids is 2. The second-order valence-corrected chi connectivity index (χ2v) is 8.55. The van der Waals surface area contributed by atoms with Gasteiger partial charge in [-0.15, -0.1) is 0 Å². The van der Waals surface area contributed by atoms with Crippen molar-refractivity contribution in [3.05, 3.63) is 53.3 Å². The monoisotopic (exact) mass is 489 g/mol. The van der Waals surface area contributed by atoms with Crippen LogP contribution in [0.25, 0.3) is 0 Å². The molecule has 0 aliphatic carbocycles. The highest BCUT2D eigenvalue weighted by atomic mass is 16.6. The van der Waals surface area contributed by atoms with Crippen LogP contribution in [-0.2, 0) is 23.7 Å². The molecular weight excluding hydrogens is 450 g/mol. The fourth-order valence-electron chi connectivity index (χ4n) is 3.14. The summed E-state index contributed by atoms with van der Waals surface area (Å²) >= 11 is 0. The minimum atomic E-state index is -0.130. The van der Waals surface area contributed by atoms with Gasteiger partial charge in [-0.3, -0.25) is 14.3 Å². The standard InChI is InChI=1S/C26H39N3O6/c1-20(2)25-17-28-29(18-25)22(4)23-5-7-24(8-6-23)26(31)27-9-10-32-11-12-33-13-14-34-15-16-35-19-21(3)30/h5-8,17-18,20,22H,9-16,19H2,1-4H3,(H,27,31). The first kappa shape index (κ1) is 28.6. The van der Waals surface area contributed by atoms with E-state index in [0.29, 0.717) is 64.3 Å². The summed E-state index contributed by atoms with van der Waals surface area (Å²) in [5.41, 5.74) is 2.91. The van der Waals surface area contributed by atoms with Crippen LogP contribution >= 0.6 is 0 Å². The van der Waals surface area contributed by atoms with Crippen LogP contribution in [0.1, 0.15) is 61.1 Å². The molecule has 1 aromatic heterocycles. The number of aromatic nitrogens is 2. The quantitative estimate of drug-likeness (QED) is 0.321. The van der Waals surface area contributed by atoms with Crippen LogP contribution in [0, 0.1) is 0 Å². The molecule has 9 nitrogen and oxygen atoms in total. The number of hydrogen-bond acceptors (Lipinski definition) is 7. The summed E-state index contributed by atoms with van der Waals surface area (Å²) in [7, 11) is 0. The summed E-state index contributed by atoms with van der Waals surface area (Å²) in [5, 5.41) is 7.33. The van der Waals surface area contributed by atoms with Gasteiger partial charge in [0.15, 0.2) is 5.78 Å². The van der Waals surface area contributed by atoms with Gasteiger partial charge in [-0.25, -0.2) is 0 Å². The van der Waals surface area contributed by atoms with Gasteiger partial charge < -0.3 is 24.3 Å². The summed E-state index contributed by atoms with van der Waals surface area (Å²) < 4.78 is 23.3. The van der Waals surface area contributed by atoms with E-state index in [9.17, 15) is 9.59 Å². The molecule has 2 rings (SSSR count). The van der Waals surface area contributed by atoms with Gasteiger partial charge in [-0.2, -0.15) is 5.10 Å². The van der Waals surface area contributed by atoms with E-state index in [4.69, 9.17) is 18.9 Å². The van der Waals surface area contributed by atoms with Gasteiger partial charge in [0, 0.05) is 18.3 Å². The molecule has 1 aromatic carbocycles. The van der Waals surface area contributed by atoms with E-state index in [1.54, 1.807) is 0 Å². The van der Waals surface area contributed by atoms with Gasteiger partial charge in [0.2, 0.25) is 0 Å². The highest BCUT2D eigenvalue weighted by molar-refractivity contribution is 5.94. The first-order valence-corrected chi connectivity index (χ1v) is 12.1. The Bertz CT molecular complexity index is 881. The molecule has 1 heterocycles. The zero-order valence-corrected chi connectivity index (χ0v) is 21.3. The summed E-state index contributed by atoms with van der Waals surface area (Å²) in [6, 6.07) is 7.69. The molecule has 1 amide bonds. The molecule has 0 saturated carbocycles. The molecule has 0 spiro atoms. The van der Waals surface area contributed by atoms with Crippen LogP contribution in [0.15, 0.2) is 36.7 Å². The van der Waals surface area contributed by atoms with Crippen molar-refractivity contribution < 1.29 is 28.5 Å². The highest BCUT2D eigenvalue weighted by Gasteiger charge is 2.12. The van der Waals surface area contributed by atoms with E-state index in [-0.39, 0.29) is 24.3 Å². The molecule has 0 bridgehead atoms. The SMILES string of the molecule is CC(=O)COCCOCCOCCOCCNC(=O)c1ccc(C(C)n2cc(C(C)C)cn2)cc1. The molecule has 1 atom stereocenters. The molecule has 0 saturated heterocycles. The van der Waals surface area contributed by atoms with Crippen molar-refractivity contribution in [2.75, 3.05) is 59.4 Å². The van der Waals surface area contributed by atoms with Gasteiger partial charge in [0.25, 0.3) is 5.91 Å². The first-order chi connectivity index (χ1) is 16.9. The first-order valence-electron chi connectivity index (χ1n) is 12.1. The van der Waals surface area contributed by atoms with Crippen molar-refractivity contribution in [1.82, 2.24) is 15.1 Å². The van der Waals surface area contributed by atoms with Crippen molar-refractivity contribution in [2.45, 2.75) is 39.7 Å². The summed E-state index contributed by atoms with van der Waals surface area (Å²) in [6.45, 7) is 11.4. The Kier molecular flexibility index (Phi) is 13.2. The predicted octanol–water partition coefficient (Wildman–Crippen LogP) is 3.00. The molecule has 1 unspecified atom stereocenters. The minimum Gasteiger partial charge on any atom is -0.377 e. The molecule has 0 fully saturated rings. The van der Waals surface area contributed by atoms with Crippen LogP contribution in [0.3, 0.4) is 0 Å². The number of ether oxygens (including phenoxy) is 4. The fraction of sp³-hybridized carbons (Fsp3) is 0.577. The maximum atomic E-state index is 12.4. The molecule has 194 valence electrons. The lowest BCUT2D eigenvalue weighted by Gasteiger charge is -2.13. The molecule has 0 aliphatic rings. The molecule has 0 radical (unpaired) electrons. The van der Waals surface area contributed by atoms with Gasteiger partial charge in [0.1, 0.15) is 6.61 Å². The lowest BCUT2D eigenvalue weighted by molar-refractivity contribution is -0.122. The van der Waals surface area contributed by atoms with E-state index in [1.807, 2.05) is 35.1 Å². The Morgan fingerprint density at radius 2 is 1.43 bits per heavy atom. The van der Waals surface area contributed by atoms with E-state index in [0.717, 1.165) is 5.56 Å². The third-order valence-corrected chi connectivity index (χ3v) is 5.29. The van der Waals surface area contributed by atoms with Crippen LogP contribution in [0.4, 0.5) is 0 Å². The normalized spacial score (nSPS) is 12.1. The third-order valence-electron chi connectivity index (χ3n) is 5.29. The second kappa shape index (κ2) is 16.1. The number of Topliss-reactive ketones (excluding diaryl/α,β-unsaturated/α-hetero) is 1. The van der Waals surface area contributed by atoms with Crippen LogP contribution in [-0.4, -0.2) is 80.9 Å². The predicted molar refractivity (Wildman–Crippen MR) is 133 cm³/mol. The highest BCUT2D eigenvalue weighted by Crippen LogP contribution is 2.20. The Morgan fingerprint density at radius 1 is 0.857 bits per heavy atom. The molecule has 1 N–H and O–H groups in total. The van der Waals surface area contributed by atoms with E-state index in [2.05, 4.69) is 37.4 Å². The number of amides is 1. The average Bonchev–Trinajstić information content (AvgIpc) is 3.34. The third kappa shape index (κ3) is 11.1. The Morgan fingerprint density at radius 3 is 1.97 bits per heavy atom. The Hall–Kier alpha value is -2.59. The summed E-state index contributed by atoms with van der Waals surface area (Å²) in [6.07, 6.45) is 3.98. The van der Waals surface area contributed by atoms with Crippen molar-refractivity contribution in [3.63, 3.8) is 0 Å². The molecule has 2 aromatic rings. The van der Waals surface area contributed by atoms with Crippen molar-refractivity contribution in [3.8, 4) is 0 Å². The largest absolute Gasteiger partial charge is 0.377 e. The topological polar surface area (TPSA) is 101 Å². The number of benzene rings is 1. The lowest BCUT2D eigenvalue weighted by Crippen LogP contribution is -2.27. The van der Waals surface area contributed by atoms with Crippen LogP contribution in [0.5, 0.6) is 0 Å². The Labute approximate surface area is 208 Å². The summed E-state index contributed by atoms with van der Waals surface area (Å²) in [4.78, 5) is 23.1. The van der Waals surface area contributed by atoms with Crippen molar-refractivity contribution in [1.29, 1.82) is 0 Å². The maximum absolute atomic E-state index is 12.4. The summed E-state index contributed by atoms with van der Waals surface area (Å²) in [5.74, 6) is 0.308. The van der Waals surface area contributed by atoms with Gasteiger partial charge in [-0.05, 0) is 43.0 Å². The zero-order valence-electron chi connectivity index (χ0n) is 21.3. The molecule has 0 aliphatic heterocycles. The fourth-order valence-corrected chi connectivity index (χ4v) is 3.14. The van der Waals surface area contributed by atoms with Gasteiger partial charge >= 0.3 is 0 Å². The molecule has 9 heteroatoms. The van der Waals surface area contributed by atoms with Gasteiger partial charge in [0.05, 0.1) is 58.5 Å². The number of nitrogens with zero attached hydrogens (tertiary/aromatic N) is 2. The Balaban J connectivity index is 1.52. The van der Waals surface area contributed by atoms with Crippen LogP contribution < -0.4 is 5.32 Å². The van der Waals surface area contributed by atoms with Crippen LogP contribution in [0.2, 0.25) is 0 Å². The van der Waals surface area contributed by atoms with Crippen molar-refractivity contribution >= 4 is 11.7 Å². The maximum Gasteiger partial charge on any atom is 0.251 e. The zero-order chi connectivity index (χ0) is 25.5. The van der Waals surface area contributed by atoms with Crippen molar-refractivity contribution in [2.24, 2.45) is 0 Å². The second-order valence-electron chi connectivity index (χ2n) is 8.55. The number of nitrogens with one attached hydrogen (secondary N) is 1.